The zero-order valence-electron chi connectivity index (χ0n) is 26.2. The number of nitrogens with one attached hydrogen (secondary N) is 1. The zero-order chi connectivity index (χ0) is 29.9. The van der Waals surface area contributed by atoms with E-state index in [0.29, 0.717) is 30.8 Å². The number of ketones is 1. The second-order valence-electron chi connectivity index (χ2n) is 14.0. The average Bonchev–Trinajstić information content (AvgIpc) is 3.78. The Hall–Kier alpha value is -2.52. The number of aryl methyl sites for hydroxylation is 2. The van der Waals surface area contributed by atoms with Crippen LogP contribution in [0.15, 0.2) is 24.3 Å². The standard InChI is InChI=1S/C35H46N4O3S/c1-22-17-23(2)19-26(18-22)30-28(21-37-9-5-25(6-10-37)34(41)39-13-15-42-16-14-39)27-20-29(43-33(27)36-30)35(3,4)32(40)31-24-7-11-38(31)12-8-24/h17-20,24-25,31,36H,5-16,21H2,1-4H3. The molecule has 4 aliphatic rings. The lowest BCUT2D eigenvalue weighted by Gasteiger charge is -2.35. The monoisotopic (exact) mass is 602 g/mol. The van der Waals surface area contributed by atoms with Gasteiger partial charge in [-0.15, -0.1) is 11.3 Å². The van der Waals surface area contributed by atoms with Crippen molar-refractivity contribution in [2.45, 2.75) is 71.4 Å². The molecule has 43 heavy (non-hydrogen) atoms. The Kier molecular flexibility index (Phi) is 7.77. The van der Waals surface area contributed by atoms with Gasteiger partial charge < -0.3 is 14.6 Å². The fourth-order valence-electron chi connectivity index (χ4n) is 8.16. The van der Waals surface area contributed by atoms with Crippen LogP contribution in [0.3, 0.4) is 0 Å². The molecule has 2 aromatic heterocycles. The maximum atomic E-state index is 14.0. The number of nitrogens with zero attached hydrogens (tertiary/aromatic N) is 3. The van der Waals surface area contributed by atoms with Gasteiger partial charge in [0.05, 0.1) is 30.4 Å². The van der Waals surface area contributed by atoms with Gasteiger partial charge in [0.25, 0.3) is 0 Å². The number of H-pyrrole nitrogens is 1. The average molecular weight is 603 g/mol. The third-order valence-corrected chi connectivity index (χ3v) is 12.0. The Labute approximate surface area is 259 Å². The van der Waals surface area contributed by atoms with Crippen molar-refractivity contribution in [3.8, 4) is 11.3 Å². The predicted molar refractivity (Wildman–Crippen MR) is 173 cm³/mol. The molecule has 1 unspecified atom stereocenters. The molecule has 0 saturated carbocycles. The number of Topliss-reactive ketones (excluding diaryl/α,β-unsaturated/α-hetero) is 1. The number of aromatic nitrogens is 1. The van der Waals surface area contributed by atoms with Crippen LogP contribution in [-0.4, -0.2) is 89.9 Å². The smallest absolute Gasteiger partial charge is 0.225 e. The van der Waals surface area contributed by atoms with E-state index in [1.54, 1.807) is 11.3 Å². The van der Waals surface area contributed by atoms with Crippen LogP contribution in [0.25, 0.3) is 21.5 Å². The van der Waals surface area contributed by atoms with Gasteiger partial charge in [-0.3, -0.25) is 19.4 Å². The molecule has 6 heterocycles. The number of piperidine rings is 2. The Bertz CT molecular complexity index is 1480. The van der Waals surface area contributed by atoms with E-state index in [1.807, 2.05) is 4.90 Å². The van der Waals surface area contributed by atoms with Crippen molar-refractivity contribution in [3.63, 3.8) is 0 Å². The number of amides is 1. The molecule has 4 fully saturated rings. The number of benzene rings is 1. The normalized spacial score (nSPS) is 25.2. The molecule has 2 bridgehead atoms. The molecule has 1 N–H and O–H groups in total. The van der Waals surface area contributed by atoms with Gasteiger partial charge in [-0.05, 0) is 109 Å². The van der Waals surface area contributed by atoms with Crippen LogP contribution in [0.4, 0.5) is 0 Å². The molecule has 8 heteroatoms. The highest BCUT2D eigenvalue weighted by Gasteiger charge is 2.49. The van der Waals surface area contributed by atoms with Gasteiger partial charge in [0, 0.05) is 41.4 Å². The van der Waals surface area contributed by atoms with E-state index in [4.69, 9.17) is 4.74 Å². The summed E-state index contributed by atoms with van der Waals surface area (Å²) in [7, 11) is 0. The van der Waals surface area contributed by atoms with Crippen LogP contribution >= 0.6 is 11.3 Å². The molecule has 7 rings (SSSR count). The van der Waals surface area contributed by atoms with E-state index < -0.39 is 5.41 Å². The Balaban J connectivity index is 1.16. The minimum atomic E-state index is -0.518. The highest BCUT2D eigenvalue weighted by molar-refractivity contribution is 7.19. The molecule has 0 radical (unpaired) electrons. The van der Waals surface area contributed by atoms with Gasteiger partial charge >= 0.3 is 0 Å². The van der Waals surface area contributed by atoms with Crippen molar-refractivity contribution in [1.82, 2.24) is 19.7 Å². The van der Waals surface area contributed by atoms with Crippen molar-refractivity contribution < 1.29 is 14.3 Å². The first-order chi connectivity index (χ1) is 20.7. The molecule has 1 amide bonds. The molecular formula is C35H46N4O3S. The van der Waals surface area contributed by atoms with Crippen LogP contribution < -0.4 is 0 Å². The Morgan fingerprint density at radius 2 is 1.60 bits per heavy atom. The summed E-state index contributed by atoms with van der Waals surface area (Å²) in [6.45, 7) is 16.2. The van der Waals surface area contributed by atoms with Crippen LogP contribution in [0, 0.1) is 25.7 Å². The number of thiophene rings is 1. The number of rotatable bonds is 7. The van der Waals surface area contributed by atoms with Crippen LogP contribution in [0.2, 0.25) is 0 Å². The number of carbonyl (C=O) groups is 2. The zero-order valence-corrected chi connectivity index (χ0v) is 27.0. The van der Waals surface area contributed by atoms with Crippen molar-refractivity contribution in [3.05, 3.63) is 45.8 Å². The number of carbonyl (C=O) groups excluding carboxylic acids is 2. The summed E-state index contributed by atoms with van der Waals surface area (Å²) in [6, 6.07) is 9.18. The third-order valence-electron chi connectivity index (χ3n) is 10.7. The summed E-state index contributed by atoms with van der Waals surface area (Å²) in [5.74, 6) is 1.34. The van der Waals surface area contributed by atoms with Gasteiger partial charge in [0.2, 0.25) is 5.91 Å². The number of morpholine rings is 1. The summed E-state index contributed by atoms with van der Waals surface area (Å²) in [5.41, 5.74) is 5.73. The lowest BCUT2D eigenvalue weighted by molar-refractivity contribution is -0.141. The fraction of sp³-hybridized carbons (Fsp3) is 0.600. The van der Waals surface area contributed by atoms with E-state index in [-0.39, 0.29) is 12.0 Å². The highest BCUT2D eigenvalue weighted by atomic mass is 32.1. The summed E-state index contributed by atoms with van der Waals surface area (Å²) in [6.07, 6.45) is 4.13. The first kappa shape index (κ1) is 29.2. The van der Waals surface area contributed by atoms with E-state index in [9.17, 15) is 9.59 Å². The van der Waals surface area contributed by atoms with Crippen molar-refractivity contribution >= 4 is 33.2 Å². The van der Waals surface area contributed by atoms with Crippen molar-refractivity contribution in [1.29, 1.82) is 0 Å². The number of likely N-dealkylation sites (tertiary alicyclic amines) is 1. The molecular weight excluding hydrogens is 556 g/mol. The van der Waals surface area contributed by atoms with Crippen molar-refractivity contribution in [2.24, 2.45) is 11.8 Å². The Morgan fingerprint density at radius 1 is 0.930 bits per heavy atom. The second kappa shape index (κ2) is 11.4. The van der Waals surface area contributed by atoms with Gasteiger partial charge in [0.15, 0.2) is 5.78 Å². The third kappa shape index (κ3) is 5.39. The molecule has 230 valence electrons. The van der Waals surface area contributed by atoms with Crippen LogP contribution in [0.5, 0.6) is 0 Å². The molecule has 0 aliphatic carbocycles. The van der Waals surface area contributed by atoms with Gasteiger partial charge in [-0.1, -0.05) is 17.2 Å². The minimum Gasteiger partial charge on any atom is -0.378 e. The number of hydrogen-bond acceptors (Lipinski definition) is 6. The molecule has 4 aliphatic heterocycles. The van der Waals surface area contributed by atoms with Crippen molar-refractivity contribution in [2.75, 3.05) is 52.5 Å². The molecule has 1 aromatic carbocycles. The van der Waals surface area contributed by atoms with Gasteiger partial charge in [-0.25, -0.2) is 0 Å². The summed E-state index contributed by atoms with van der Waals surface area (Å²) < 4.78 is 5.46. The Morgan fingerprint density at radius 3 is 2.23 bits per heavy atom. The lowest BCUT2D eigenvalue weighted by atomic mass is 9.79. The first-order valence-corrected chi connectivity index (χ1v) is 17.1. The maximum Gasteiger partial charge on any atom is 0.225 e. The summed E-state index contributed by atoms with van der Waals surface area (Å²) in [4.78, 5) is 40.3. The van der Waals surface area contributed by atoms with E-state index >= 15 is 0 Å². The summed E-state index contributed by atoms with van der Waals surface area (Å²) >= 11 is 1.76. The van der Waals surface area contributed by atoms with E-state index in [2.05, 4.69) is 66.7 Å². The predicted octanol–water partition coefficient (Wildman–Crippen LogP) is 5.52. The summed E-state index contributed by atoms with van der Waals surface area (Å²) in [5, 5.41) is 1.25. The molecule has 0 spiro atoms. The van der Waals surface area contributed by atoms with E-state index in [0.717, 1.165) is 81.2 Å². The highest BCUT2D eigenvalue weighted by Crippen LogP contribution is 2.44. The number of hydrogen-bond donors (Lipinski definition) is 1. The maximum absolute atomic E-state index is 14.0. The molecule has 7 nitrogen and oxygen atoms in total. The minimum absolute atomic E-state index is 0.0854. The van der Waals surface area contributed by atoms with Crippen LogP contribution in [0.1, 0.15) is 61.1 Å². The SMILES string of the molecule is Cc1cc(C)cc(-c2[nH]c3sc(C(C)(C)C(=O)C4C5CCN4CC5)cc3c2CN2CCC(C(=O)N3CCOCC3)CC2)c1. The van der Waals surface area contributed by atoms with E-state index in [1.165, 1.54) is 33.3 Å². The lowest BCUT2D eigenvalue weighted by Crippen LogP contribution is -2.46. The fourth-order valence-corrected chi connectivity index (χ4v) is 9.35. The van der Waals surface area contributed by atoms with Gasteiger partial charge in [0.1, 0.15) is 4.83 Å². The molecule has 3 aromatic rings. The quantitative estimate of drug-likeness (QED) is 0.386. The largest absolute Gasteiger partial charge is 0.378 e. The molecule has 4 saturated heterocycles. The molecule has 1 atom stereocenters. The van der Waals surface area contributed by atoms with Crippen LogP contribution in [-0.2, 0) is 26.3 Å². The van der Waals surface area contributed by atoms with Gasteiger partial charge in [-0.2, -0.15) is 0 Å². The number of ether oxygens (including phenoxy) is 1. The number of aromatic amines is 1. The first-order valence-electron chi connectivity index (χ1n) is 16.3. The second-order valence-corrected chi connectivity index (χ2v) is 15.1. The topological polar surface area (TPSA) is 68.9 Å². The number of fused-ring (bicyclic) bond motifs is 3.